The Kier molecular flexibility index (Phi) is 7.35. The SMILES string of the molecule is c1ccc(-n2c3ccccc3c3ccc(N(c4ccc5c(c4)C(c4ccccc4)(c4ccccc4)c4ccccc4-5)c4cccc5sc6ccccc6c45)cc32)cc1. The van der Waals surface area contributed by atoms with E-state index in [4.69, 9.17) is 0 Å². The van der Waals surface area contributed by atoms with Crippen LogP contribution in [0.25, 0.3) is 58.8 Å². The molecule has 0 saturated carbocycles. The Balaban J connectivity index is 1.18. The van der Waals surface area contributed by atoms with E-state index in [1.165, 1.54) is 75.4 Å². The molecule has 12 rings (SSSR count). The first-order valence-electron chi connectivity index (χ1n) is 19.9. The van der Waals surface area contributed by atoms with Crippen molar-refractivity contribution in [3.8, 4) is 16.8 Å². The molecule has 0 amide bonds. The third kappa shape index (κ3) is 4.71. The maximum atomic E-state index is 2.51. The van der Waals surface area contributed by atoms with Crippen LogP contribution in [0.2, 0.25) is 0 Å². The Morgan fingerprint density at radius 1 is 0.397 bits per heavy atom. The summed E-state index contributed by atoms with van der Waals surface area (Å²) < 4.78 is 4.99. The molecule has 0 N–H and O–H groups in total. The molecule has 2 aromatic heterocycles. The van der Waals surface area contributed by atoms with Crippen LogP contribution in [0.15, 0.2) is 218 Å². The van der Waals surface area contributed by atoms with Crippen molar-refractivity contribution in [3.63, 3.8) is 0 Å². The van der Waals surface area contributed by atoms with Gasteiger partial charge in [-0.1, -0.05) is 158 Å². The maximum Gasteiger partial charge on any atom is 0.0714 e. The molecule has 11 aromatic rings. The monoisotopic (exact) mass is 756 g/mol. The van der Waals surface area contributed by atoms with E-state index >= 15 is 0 Å². The van der Waals surface area contributed by atoms with Crippen LogP contribution in [0.5, 0.6) is 0 Å². The average molecular weight is 757 g/mol. The lowest BCUT2D eigenvalue weighted by Crippen LogP contribution is -2.28. The van der Waals surface area contributed by atoms with Crippen molar-refractivity contribution in [2.75, 3.05) is 4.90 Å². The molecular formula is C55H36N2S. The van der Waals surface area contributed by atoms with Gasteiger partial charge in [0.25, 0.3) is 0 Å². The Hall–Kier alpha value is -7.20. The minimum absolute atomic E-state index is 0.513. The number of hydrogen-bond donors (Lipinski definition) is 0. The molecule has 272 valence electrons. The molecule has 1 aliphatic carbocycles. The fraction of sp³-hybridized carbons (Fsp3) is 0.0182. The van der Waals surface area contributed by atoms with Crippen LogP contribution >= 0.6 is 11.3 Å². The first-order chi connectivity index (χ1) is 28.8. The molecular weight excluding hydrogens is 721 g/mol. The number of hydrogen-bond acceptors (Lipinski definition) is 2. The van der Waals surface area contributed by atoms with Crippen LogP contribution in [0.1, 0.15) is 22.3 Å². The predicted octanol–water partition coefficient (Wildman–Crippen LogP) is 15.0. The van der Waals surface area contributed by atoms with E-state index in [0.29, 0.717) is 0 Å². The lowest BCUT2D eigenvalue weighted by atomic mass is 9.67. The van der Waals surface area contributed by atoms with Gasteiger partial charge in [-0.3, -0.25) is 0 Å². The highest BCUT2D eigenvalue weighted by Crippen LogP contribution is 2.57. The molecule has 0 unspecified atom stereocenters. The lowest BCUT2D eigenvalue weighted by molar-refractivity contribution is 0.768. The molecule has 0 bridgehead atoms. The van der Waals surface area contributed by atoms with Crippen LogP contribution in [0.3, 0.4) is 0 Å². The van der Waals surface area contributed by atoms with Gasteiger partial charge in [0.05, 0.1) is 22.1 Å². The Bertz CT molecular complexity index is 3300. The summed E-state index contributed by atoms with van der Waals surface area (Å²) in [4.78, 5) is 2.51. The minimum Gasteiger partial charge on any atom is -0.310 e. The largest absolute Gasteiger partial charge is 0.310 e. The van der Waals surface area contributed by atoms with E-state index < -0.39 is 5.41 Å². The molecule has 3 heteroatoms. The highest BCUT2D eigenvalue weighted by molar-refractivity contribution is 7.26. The number of nitrogens with zero attached hydrogens (tertiary/aromatic N) is 2. The van der Waals surface area contributed by atoms with Crippen LogP contribution in [0, 0.1) is 0 Å². The van der Waals surface area contributed by atoms with Gasteiger partial charge in [-0.25, -0.2) is 0 Å². The van der Waals surface area contributed by atoms with Crippen molar-refractivity contribution < 1.29 is 0 Å². The molecule has 2 heterocycles. The number of fused-ring (bicyclic) bond motifs is 9. The normalized spacial score (nSPS) is 13.0. The molecule has 2 nitrogen and oxygen atoms in total. The minimum atomic E-state index is -0.513. The second kappa shape index (κ2) is 12.9. The standard InChI is InChI=1S/C55H36N2S/c1-4-17-37(18-5-1)55(38-19-6-2-7-20-38)47-26-13-10-23-42(47)43-33-31-40(35-48(43)55)56(50-28-16-30-53-54(50)46-25-12-15-29-52(46)58-53)41-32-34-45-44-24-11-14-27-49(44)57(51(45)36-41)39-21-8-3-9-22-39/h1-36H. The second-order valence-corrected chi connectivity index (χ2v) is 16.3. The quantitative estimate of drug-likeness (QED) is 0.164. The first-order valence-corrected chi connectivity index (χ1v) is 20.8. The summed E-state index contributed by atoms with van der Waals surface area (Å²) in [5.74, 6) is 0. The van der Waals surface area contributed by atoms with Crippen LogP contribution in [0.4, 0.5) is 17.1 Å². The number of para-hydroxylation sites is 2. The number of benzene rings is 9. The Morgan fingerprint density at radius 2 is 0.983 bits per heavy atom. The van der Waals surface area contributed by atoms with Gasteiger partial charge in [-0.15, -0.1) is 11.3 Å². The first kappa shape index (κ1) is 33.0. The zero-order chi connectivity index (χ0) is 38.2. The molecule has 0 fully saturated rings. The van der Waals surface area contributed by atoms with E-state index in [2.05, 4.69) is 228 Å². The van der Waals surface area contributed by atoms with Crippen molar-refractivity contribution in [2.45, 2.75) is 5.41 Å². The van der Waals surface area contributed by atoms with Gasteiger partial charge in [0.1, 0.15) is 0 Å². The molecule has 1 aliphatic rings. The zero-order valence-electron chi connectivity index (χ0n) is 31.6. The van der Waals surface area contributed by atoms with Gasteiger partial charge in [0.2, 0.25) is 0 Å². The van der Waals surface area contributed by atoms with Gasteiger partial charge in [-0.05, 0) is 94.0 Å². The fourth-order valence-corrected chi connectivity index (χ4v) is 11.0. The zero-order valence-corrected chi connectivity index (χ0v) is 32.4. The van der Waals surface area contributed by atoms with E-state index in [1.54, 1.807) is 0 Å². The highest BCUT2D eigenvalue weighted by atomic mass is 32.1. The average Bonchev–Trinajstić information content (AvgIpc) is 3.94. The predicted molar refractivity (Wildman–Crippen MR) is 246 cm³/mol. The van der Waals surface area contributed by atoms with Crippen molar-refractivity contribution in [2.24, 2.45) is 0 Å². The number of anilines is 3. The molecule has 0 radical (unpaired) electrons. The van der Waals surface area contributed by atoms with Gasteiger partial charge >= 0.3 is 0 Å². The van der Waals surface area contributed by atoms with Crippen LogP contribution in [-0.4, -0.2) is 4.57 Å². The lowest BCUT2D eigenvalue weighted by Gasteiger charge is -2.35. The van der Waals surface area contributed by atoms with Crippen molar-refractivity contribution in [1.29, 1.82) is 0 Å². The Morgan fingerprint density at radius 3 is 1.78 bits per heavy atom. The molecule has 0 aliphatic heterocycles. The fourth-order valence-electron chi connectivity index (χ4n) is 9.89. The van der Waals surface area contributed by atoms with E-state index in [1.807, 2.05) is 11.3 Å². The van der Waals surface area contributed by atoms with Crippen LogP contribution < -0.4 is 4.90 Å². The van der Waals surface area contributed by atoms with Gasteiger partial charge in [0.15, 0.2) is 0 Å². The van der Waals surface area contributed by atoms with Gasteiger partial charge in [0, 0.05) is 48.0 Å². The molecule has 0 saturated heterocycles. The summed E-state index contributed by atoms with van der Waals surface area (Å²) in [5.41, 5.74) is 14.1. The number of rotatable bonds is 6. The third-order valence-electron chi connectivity index (χ3n) is 12.3. The smallest absolute Gasteiger partial charge is 0.0714 e. The summed E-state index contributed by atoms with van der Waals surface area (Å²) in [6.07, 6.45) is 0. The van der Waals surface area contributed by atoms with Crippen LogP contribution in [-0.2, 0) is 5.41 Å². The number of aromatic nitrogens is 1. The second-order valence-electron chi connectivity index (χ2n) is 15.2. The van der Waals surface area contributed by atoms with Gasteiger partial charge < -0.3 is 9.47 Å². The molecule has 0 atom stereocenters. The van der Waals surface area contributed by atoms with E-state index in [-0.39, 0.29) is 0 Å². The van der Waals surface area contributed by atoms with Crippen molar-refractivity contribution in [1.82, 2.24) is 4.57 Å². The van der Waals surface area contributed by atoms with Crippen molar-refractivity contribution in [3.05, 3.63) is 241 Å². The molecule has 0 spiro atoms. The summed E-state index contributed by atoms with van der Waals surface area (Å²) in [5, 5.41) is 5.03. The molecule has 9 aromatic carbocycles. The maximum absolute atomic E-state index is 2.51. The summed E-state index contributed by atoms with van der Waals surface area (Å²) in [6, 6.07) is 80.6. The number of thiophene rings is 1. The highest BCUT2D eigenvalue weighted by Gasteiger charge is 2.46. The molecule has 58 heavy (non-hydrogen) atoms. The third-order valence-corrected chi connectivity index (χ3v) is 13.4. The topological polar surface area (TPSA) is 8.17 Å². The van der Waals surface area contributed by atoms with Gasteiger partial charge in [-0.2, -0.15) is 0 Å². The van der Waals surface area contributed by atoms with Crippen molar-refractivity contribution >= 4 is 70.4 Å². The summed E-state index contributed by atoms with van der Waals surface area (Å²) in [6.45, 7) is 0. The van der Waals surface area contributed by atoms with E-state index in [9.17, 15) is 0 Å². The Labute approximate surface area is 341 Å². The summed E-state index contributed by atoms with van der Waals surface area (Å²) >= 11 is 1.86. The summed E-state index contributed by atoms with van der Waals surface area (Å²) in [7, 11) is 0. The van der Waals surface area contributed by atoms with E-state index in [0.717, 1.165) is 22.7 Å².